The molecular formula is C10H15ClN4OS. The Morgan fingerprint density at radius 3 is 3.06 bits per heavy atom. The second-order valence-electron chi connectivity index (χ2n) is 3.57. The standard InChI is InChI=1S/C10H14N4OS.ClH/c1-7-13-14-9(16-7)4-6-12-10(15)8-3-2-5-11-8;/h2-3,8,11H,4-6H2,1H3,(H,12,15);1H. The molecular weight excluding hydrogens is 260 g/mol. The van der Waals surface area contributed by atoms with E-state index in [1.54, 1.807) is 11.3 Å². The molecule has 0 saturated carbocycles. The van der Waals surface area contributed by atoms with Gasteiger partial charge in [0.1, 0.15) is 16.1 Å². The van der Waals surface area contributed by atoms with Crippen LogP contribution >= 0.6 is 23.7 Å². The summed E-state index contributed by atoms with van der Waals surface area (Å²) in [6.45, 7) is 3.31. The van der Waals surface area contributed by atoms with Crippen molar-refractivity contribution in [1.29, 1.82) is 0 Å². The van der Waals surface area contributed by atoms with E-state index in [2.05, 4.69) is 20.8 Å². The summed E-state index contributed by atoms with van der Waals surface area (Å²) < 4.78 is 0. The van der Waals surface area contributed by atoms with Crippen molar-refractivity contribution in [3.05, 3.63) is 22.2 Å². The molecule has 0 saturated heterocycles. The molecule has 94 valence electrons. The Morgan fingerprint density at radius 1 is 1.65 bits per heavy atom. The van der Waals surface area contributed by atoms with E-state index in [9.17, 15) is 4.79 Å². The van der Waals surface area contributed by atoms with E-state index < -0.39 is 0 Å². The van der Waals surface area contributed by atoms with Crippen LogP contribution in [-0.4, -0.2) is 35.2 Å². The SMILES string of the molecule is Cc1nnc(CCNC(=O)C2C=CCN2)s1.Cl. The second kappa shape index (κ2) is 6.68. The first-order valence-electron chi connectivity index (χ1n) is 5.22. The molecule has 2 heterocycles. The number of hydrogen-bond acceptors (Lipinski definition) is 5. The number of carbonyl (C=O) groups is 1. The molecule has 1 aromatic rings. The van der Waals surface area contributed by atoms with Crippen molar-refractivity contribution in [2.75, 3.05) is 13.1 Å². The number of aromatic nitrogens is 2. The predicted octanol–water partition coefficient (Wildman–Crippen LogP) is 0.455. The summed E-state index contributed by atoms with van der Waals surface area (Å²) in [5.41, 5.74) is 0. The van der Waals surface area contributed by atoms with Crippen molar-refractivity contribution < 1.29 is 4.79 Å². The molecule has 0 aliphatic carbocycles. The maximum Gasteiger partial charge on any atom is 0.241 e. The quantitative estimate of drug-likeness (QED) is 0.783. The van der Waals surface area contributed by atoms with Crippen LogP contribution < -0.4 is 10.6 Å². The first-order chi connectivity index (χ1) is 7.75. The van der Waals surface area contributed by atoms with Gasteiger partial charge in [0.05, 0.1) is 0 Å². The molecule has 0 fully saturated rings. The van der Waals surface area contributed by atoms with Crippen molar-refractivity contribution in [3.8, 4) is 0 Å². The first-order valence-corrected chi connectivity index (χ1v) is 6.04. The van der Waals surface area contributed by atoms with Gasteiger partial charge in [-0.3, -0.25) is 10.1 Å². The Bertz CT molecular complexity index is 407. The fourth-order valence-electron chi connectivity index (χ4n) is 1.49. The van der Waals surface area contributed by atoms with Gasteiger partial charge in [0.25, 0.3) is 0 Å². The van der Waals surface area contributed by atoms with Crippen LogP contribution in [0.15, 0.2) is 12.2 Å². The lowest BCUT2D eigenvalue weighted by atomic mass is 10.3. The molecule has 17 heavy (non-hydrogen) atoms. The molecule has 0 aromatic carbocycles. The Balaban J connectivity index is 0.00000144. The predicted molar refractivity (Wildman–Crippen MR) is 69.5 cm³/mol. The fraction of sp³-hybridized carbons (Fsp3) is 0.500. The van der Waals surface area contributed by atoms with Crippen molar-refractivity contribution in [1.82, 2.24) is 20.8 Å². The molecule has 1 unspecified atom stereocenters. The van der Waals surface area contributed by atoms with Gasteiger partial charge in [-0.1, -0.05) is 12.2 Å². The van der Waals surface area contributed by atoms with Crippen LogP contribution in [-0.2, 0) is 11.2 Å². The van der Waals surface area contributed by atoms with E-state index in [0.29, 0.717) is 6.54 Å². The third-order valence-electron chi connectivity index (χ3n) is 2.27. The van der Waals surface area contributed by atoms with Crippen molar-refractivity contribution in [2.45, 2.75) is 19.4 Å². The van der Waals surface area contributed by atoms with Crippen LogP contribution in [0.2, 0.25) is 0 Å². The first kappa shape index (κ1) is 14.1. The molecule has 2 N–H and O–H groups in total. The van der Waals surface area contributed by atoms with Crippen molar-refractivity contribution >= 4 is 29.7 Å². The zero-order chi connectivity index (χ0) is 11.4. The molecule has 1 aromatic heterocycles. The average molecular weight is 275 g/mol. The van der Waals surface area contributed by atoms with Crippen LogP contribution in [0.1, 0.15) is 10.0 Å². The molecule has 0 radical (unpaired) electrons. The molecule has 7 heteroatoms. The van der Waals surface area contributed by atoms with Gasteiger partial charge in [-0.2, -0.15) is 0 Å². The maximum absolute atomic E-state index is 11.6. The third kappa shape index (κ3) is 4.07. The highest BCUT2D eigenvalue weighted by Crippen LogP contribution is 2.07. The number of halogens is 1. The minimum atomic E-state index is -0.170. The lowest BCUT2D eigenvalue weighted by molar-refractivity contribution is -0.121. The van der Waals surface area contributed by atoms with Gasteiger partial charge in [-0.25, -0.2) is 0 Å². The van der Waals surface area contributed by atoms with Gasteiger partial charge in [-0.05, 0) is 6.92 Å². The summed E-state index contributed by atoms with van der Waals surface area (Å²) in [6.07, 6.45) is 4.58. The van der Waals surface area contributed by atoms with Gasteiger partial charge in [-0.15, -0.1) is 33.9 Å². The molecule has 1 amide bonds. The number of amides is 1. The van der Waals surface area contributed by atoms with E-state index in [4.69, 9.17) is 0 Å². The van der Waals surface area contributed by atoms with Gasteiger partial charge in [0, 0.05) is 19.5 Å². The Hall–Kier alpha value is -0.980. The van der Waals surface area contributed by atoms with Crippen LogP contribution in [0.25, 0.3) is 0 Å². The Morgan fingerprint density at radius 2 is 2.47 bits per heavy atom. The largest absolute Gasteiger partial charge is 0.354 e. The number of nitrogens with zero attached hydrogens (tertiary/aromatic N) is 2. The van der Waals surface area contributed by atoms with E-state index in [0.717, 1.165) is 23.0 Å². The number of carbonyl (C=O) groups excluding carboxylic acids is 1. The average Bonchev–Trinajstić information content (AvgIpc) is 2.89. The molecule has 1 aliphatic heterocycles. The topological polar surface area (TPSA) is 66.9 Å². The van der Waals surface area contributed by atoms with E-state index in [1.165, 1.54) is 0 Å². The smallest absolute Gasteiger partial charge is 0.241 e. The highest BCUT2D eigenvalue weighted by molar-refractivity contribution is 7.11. The Labute approximate surface area is 110 Å². The zero-order valence-electron chi connectivity index (χ0n) is 9.47. The summed E-state index contributed by atoms with van der Waals surface area (Å²) in [5.74, 6) is 0.0231. The number of aryl methyl sites for hydroxylation is 1. The minimum absolute atomic E-state index is 0. The van der Waals surface area contributed by atoms with Crippen molar-refractivity contribution in [2.24, 2.45) is 0 Å². The van der Waals surface area contributed by atoms with Crippen molar-refractivity contribution in [3.63, 3.8) is 0 Å². The van der Waals surface area contributed by atoms with Gasteiger partial charge in [0.15, 0.2) is 0 Å². The van der Waals surface area contributed by atoms with E-state index in [1.807, 2.05) is 19.1 Å². The Kier molecular flexibility index (Phi) is 5.54. The van der Waals surface area contributed by atoms with Crippen LogP contribution in [0.4, 0.5) is 0 Å². The second-order valence-corrected chi connectivity index (χ2v) is 4.84. The molecule has 1 atom stereocenters. The normalized spacial score (nSPS) is 17.8. The van der Waals surface area contributed by atoms with Gasteiger partial charge in [0.2, 0.25) is 5.91 Å². The summed E-state index contributed by atoms with van der Waals surface area (Å²) in [6, 6.07) is -0.170. The van der Waals surface area contributed by atoms with Gasteiger partial charge < -0.3 is 5.32 Å². The highest BCUT2D eigenvalue weighted by Gasteiger charge is 2.16. The monoisotopic (exact) mass is 274 g/mol. The maximum atomic E-state index is 11.6. The molecule has 1 aliphatic rings. The summed E-state index contributed by atoms with van der Waals surface area (Å²) >= 11 is 1.57. The number of nitrogens with one attached hydrogen (secondary N) is 2. The van der Waals surface area contributed by atoms with Gasteiger partial charge >= 0.3 is 0 Å². The van der Waals surface area contributed by atoms with E-state index >= 15 is 0 Å². The number of hydrogen-bond donors (Lipinski definition) is 2. The molecule has 2 rings (SSSR count). The third-order valence-corrected chi connectivity index (χ3v) is 3.17. The fourth-order valence-corrected chi connectivity index (χ4v) is 2.20. The highest BCUT2D eigenvalue weighted by atomic mass is 35.5. The summed E-state index contributed by atoms with van der Waals surface area (Å²) in [5, 5.41) is 15.8. The minimum Gasteiger partial charge on any atom is -0.354 e. The number of rotatable bonds is 4. The lowest BCUT2D eigenvalue weighted by Crippen LogP contribution is -2.41. The lowest BCUT2D eigenvalue weighted by Gasteiger charge is -2.09. The molecule has 0 bridgehead atoms. The van der Waals surface area contributed by atoms with Crippen LogP contribution in [0.5, 0.6) is 0 Å². The molecule has 5 nitrogen and oxygen atoms in total. The zero-order valence-corrected chi connectivity index (χ0v) is 11.1. The molecule has 0 spiro atoms. The summed E-state index contributed by atoms with van der Waals surface area (Å²) in [7, 11) is 0. The van der Waals surface area contributed by atoms with E-state index in [-0.39, 0.29) is 24.4 Å². The summed E-state index contributed by atoms with van der Waals surface area (Å²) in [4.78, 5) is 11.6. The van der Waals surface area contributed by atoms with Crippen LogP contribution in [0, 0.1) is 6.92 Å². The van der Waals surface area contributed by atoms with Crippen LogP contribution in [0.3, 0.4) is 0 Å².